The van der Waals surface area contributed by atoms with Crippen molar-refractivity contribution in [2.75, 3.05) is 18.6 Å². The number of hydrogen-bond acceptors (Lipinski definition) is 7. The van der Waals surface area contributed by atoms with Crippen molar-refractivity contribution in [3.8, 4) is 5.75 Å². The van der Waals surface area contributed by atoms with Crippen LogP contribution >= 0.6 is 11.3 Å². The molecule has 198 valence electrons. The molecule has 1 saturated heterocycles. The van der Waals surface area contributed by atoms with Crippen LogP contribution in [-0.2, 0) is 21.4 Å². The summed E-state index contributed by atoms with van der Waals surface area (Å²) in [6, 6.07) is 15.2. The average Bonchev–Trinajstić information content (AvgIpc) is 3.60. The number of carbonyl (C=O) groups excluding carboxylic acids is 1. The highest BCUT2D eigenvalue weighted by molar-refractivity contribution is 7.89. The zero-order chi connectivity index (χ0) is 26.9. The Morgan fingerprint density at radius 1 is 1.16 bits per heavy atom. The number of hydrogen-bond donors (Lipinski definition) is 0. The molecular weight excluding hydrogens is 520 g/mol. The number of amides is 1. The normalized spacial score (nSPS) is 16.3. The lowest BCUT2D eigenvalue weighted by Crippen LogP contribution is -2.47. The monoisotopic (exact) mass is 550 g/mol. The molecule has 38 heavy (non-hydrogen) atoms. The number of carbonyl (C=O) groups is 1. The van der Waals surface area contributed by atoms with Crippen LogP contribution in [0.1, 0.15) is 43.7 Å². The summed E-state index contributed by atoms with van der Waals surface area (Å²) >= 11 is 1.44. The Hall–Kier alpha value is -3.34. The minimum atomic E-state index is -3.89. The first-order valence-electron chi connectivity index (χ1n) is 12.5. The molecule has 1 atom stereocenters. The second-order valence-electron chi connectivity index (χ2n) is 9.58. The Morgan fingerprint density at radius 3 is 2.63 bits per heavy atom. The summed E-state index contributed by atoms with van der Waals surface area (Å²) in [4.78, 5) is 25.1. The minimum Gasteiger partial charge on any atom is -0.497 e. The number of ether oxygens (including phenoxy) is 1. The molecular formula is C28H30N4O4S2. The molecule has 1 aliphatic heterocycles. The number of nitrogens with zero attached hydrogens (tertiary/aromatic N) is 4. The molecule has 8 nitrogen and oxygen atoms in total. The van der Waals surface area contributed by atoms with E-state index in [2.05, 4.69) is 24.9 Å². The SMILES string of the molecule is COc1ccc(S(=O)(=O)N2CCCC2C(=O)N(Cc2cccnc2)c2nc3c(C(C)C)cccc3s2)cc1. The van der Waals surface area contributed by atoms with Crippen LogP contribution in [-0.4, -0.2) is 48.3 Å². The van der Waals surface area contributed by atoms with E-state index in [0.29, 0.717) is 23.7 Å². The highest BCUT2D eigenvalue weighted by Crippen LogP contribution is 2.36. The second-order valence-corrected chi connectivity index (χ2v) is 12.5. The van der Waals surface area contributed by atoms with Crippen LogP contribution in [0.25, 0.3) is 10.2 Å². The molecule has 1 unspecified atom stereocenters. The fourth-order valence-corrected chi connectivity index (χ4v) is 7.45. The van der Waals surface area contributed by atoms with E-state index in [-0.39, 0.29) is 29.8 Å². The zero-order valence-corrected chi connectivity index (χ0v) is 23.2. The predicted octanol–water partition coefficient (Wildman–Crippen LogP) is 5.21. The van der Waals surface area contributed by atoms with Crippen LogP contribution in [0.4, 0.5) is 5.13 Å². The van der Waals surface area contributed by atoms with Crippen molar-refractivity contribution in [3.05, 3.63) is 78.1 Å². The van der Waals surface area contributed by atoms with E-state index in [1.807, 2.05) is 24.3 Å². The predicted molar refractivity (Wildman–Crippen MR) is 149 cm³/mol. The van der Waals surface area contributed by atoms with E-state index in [1.165, 1.54) is 34.9 Å². The van der Waals surface area contributed by atoms with Gasteiger partial charge in [0.25, 0.3) is 0 Å². The Bertz CT molecular complexity index is 1540. The van der Waals surface area contributed by atoms with Gasteiger partial charge in [-0.05, 0) is 66.3 Å². The number of methoxy groups -OCH3 is 1. The summed E-state index contributed by atoms with van der Waals surface area (Å²) in [7, 11) is -2.36. The van der Waals surface area contributed by atoms with E-state index in [0.717, 1.165) is 21.3 Å². The molecule has 0 saturated carbocycles. The average molecular weight is 551 g/mol. The van der Waals surface area contributed by atoms with Gasteiger partial charge in [0.05, 0.1) is 28.8 Å². The molecule has 1 amide bonds. The van der Waals surface area contributed by atoms with Crippen LogP contribution in [0.15, 0.2) is 71.9 Å². The van der Waals surface area contributed by atoms with Gasteiger partial charge < -0.3 is 4.74 Å². The van der Waals surface area contributed by atoms with Crippen molar-refractivity contribution in [2.24, 2.45) is 0 Å². The fourth-order valence-electron chi connectivity index (χ4n) is 4.79. The maximum absolute atomic E-state index is 14.2. The Kier molecular flexibility index (Phi) is 7.47. The van der Waals surface area contributed by atoms with Crippen molar-refractivity contribution < 1.29 is 17.9 Å². The van der Waals surface area contributed by atoms with Crippen molar-refractivity contribution in [3.63, 3.8) is 0 Å². The van der Waals surface area contributed by atoms with Gasteiger partial charge in [-0.1, -0.05) is 43.4 Å². The number of anilines is 1. The minimum absolute atomic E-state index is 0.137. The summed E-state index contributed by atoms with van der Waals surface area (Å²) in [6.45, 7) is 4.76. The highest BCUT2D eigenvalue weighted by atomic mass is 32.2. The number of pyridine rings is 1. The topological polar surface area (TPSA) is 92.7 Å². The molecule has 10 heteroatoms. The number of thiazole rings is 1. The van der Waals surface area contributed by atoms with Gasteiger partial charge in [-0.2, -0.15) is 4.31 Å². The van der Waals surface area contributed by atoms with Crippen LogP contribution in [0, 0.1) is 0 Å². The summed E-state index contributed by atoms with van der Waals surface area (Å²) in [5.41, 5.74) is 2.83. The molecule has 2 aromatic carbocycles. The molecule has 0 bridgehead atoms. The van der Waals surface area contributed by atoms with E-state index >= 15 is 0 Å². The molecule has 0 N–H and O–H groups in total. The third-order valence-corrected chi connectivity index (χ3v) is 9.74. The summed E-state index contributed by atoms with van der Waals surface area (Å²) in [5.74, 6) is 0.557. The molecule has 0 aliphatic carbocycles. The van der Waals surface area contributed by atoms with Crippen LogP contribution in [0.5, 0.6) is 5.75 Å². The van der Waals surface area contributed by atoms with E-state index in [9.17, 15) is 13.2 Å². The number of sulfonamides is 1. The van der Waals surface area contributed by atoms with Gasteiger partial charge in [-0.3, -0.25) is 14.7 Å². The molecule has 0 radical (unpaired) electrons. The molecule has 1 aliphatic rings. The number of benzene rings is 2. The number of aromatic nitrogens is 2. The molecule has 2 aromatic heterocycles. The van der Waals surface area contributed by atoms with E-state index in [1.54, 1.807) is 29.4 Å². The fraction of sp³-hybridized carbons (Fsp3) is 0.321. The number of fused-ring (bicyclic) bond motifs is 1. The van der Waals surface area contributed by atoms with Gasteiger partial charge in [-0.15, -0.1) is 0 Å². The van der Waals surface area contributed by atoms with Gasteiger partial charge >= 0.3 is 0 Å². The van der Waals surface area contributed by atoms with Crippen molar-refractivity contribution in [1.82, 2.24) is 14.3 Å². The second kappa shape index (κ2) is 10.8. The standard InChI is InChI=1S/C28H30N4O4S2/c1-19(2)23-8-4-10-25-26(23)30-28(37-25)31(18-20-7-5-15-29-17-20)27(33)24-9-6-16-32(24)38(34,35)22-13-11-21(36-3)12-14-22/h4-5,7-8,10-15,17,19,24H,6,9,16,18H2,1-3H3. The van der Waals surface area contributed by atoms with Crippen LogP contribution in [0.2, 0.25) is 0 Å². The molecule has 3 heterocycles. The van der Waals surface area contributed by atoms with Gasteiger partial charge in [0.15, 0.2) is 5.13 Å². The summed E-state index contributed by atoms with van der Waals surface area (Å²) < 4.78 is 34.7. The molecule has 0 spiro atoms. The van der Waals surface area contributed by atoms with Gasteiger partial charge in [0, 0.05) is 18.9 Å². The third-order valence-electron chi connectivity index (χ3n) is 6.78. The lowest BCUT2D eigenvalue weighted by Gasteiger charge is -2.28. The number of rotatable bonds is 8. The van der Waals surface area contributed by atoms with Crippen molar-refractivity contribution in [1.29, 1.82) is 0 Å². The van der Waals surface area contributed by atoms with Gasteiger partial charge in [0.1, 0.15) is 11.8 Å². The molecule has 5 rings (SSSR count). The Morgan fingerprint density at radius 2 is 1.95 bits per heavy atom. The van der Waals surface area contributed by atoms with E-state index in [4.69, 9.17) is 9.72 Å². The van der Waals surface area contributed by atoms with Crippen molar-refractivity contribution in [2.45, 2.75) is 50.1 Å². The van der Waals surface area contributed by atoms with Crippen molar-refractivity contribution >= 4 is 42.6 Å². The van der Waals surface area contributed by atoms with Crippen LogP contribution < -0.4 is 9.64 Å². The zero-order valence-electron chi connectivity index (χ0n) is 21.6. The lowest BCUT2D eigenvalue weighted by atomic mass is 10.0. The summed E-state index contributed by atoms with van der Waals surface area (Å²) in [6.07, 6.45) is 4.44. The Balaban J connectivity index is 1.53. The third kappa shape index (κ3) is 5.03. The smallest absolute Gasteiger partial charge is 0.247 e. The first-order chi connectivity index (χ1) is 18.3. The summed E-state index contributed by atoms with van der Waals surface area (Å²) in [5, 5.41) is 0.552. The maximum Gasteiger partial charge on any atom is 0.247 e. The Labute approximate surface area is 227 Å². The maximum atomic E-state index is 14.2. The largest absolute Gasteiger partial charge is 0.497 e. The molecule has 4 aromatic rings. The van der Waals surface area contributed by atoms with E-state index < -0.39 is 16.1 Å². The quantitative estimate of drug-likeness (QED) is 0.299. The van der Waals surface area contributed by atoms with Crippen LogP contribution in [0.3, 0.4) is 0 Å². The van der Waals surface area contributed by atoms with Gasteiger partial charge in [-0.25, -0.2) is 13.4 Å². The first kappa shape index (κ1) is 26.3. The lowest BCUT2D eigenvalue weighted by molar-refractivity contribution is -0.121. The first-order valence-corrected chi connectivity index (χ1v) is 14.8. The highest BCUT2D eigenvalue weighted by Gasteiger charge is 2.42. The number of para-hydroxylation sites is 1. The van der Waals surface area contributed by atoms with Gasteiger partial charge in [0.2, 0.25) is 15.9 Å². The molecule has 1 fully saturated rings.